The smallest absolute Gasteiger partial charge is 0.165 e. The van der Waals surface area contributed by atoms with Crippen LogP contribution in [0.3, 0.4) is 0 Å². The molecule has 4 rings (SSSR count). The summed E-state index contributed by atoms with van der Waals surface area (Å²) in [6.45, 7) is 5.47. The van der Waals surface area contributed by atoms with Gasteiger partial charge in [0.1, 0.15) is 0 Å². The van der Waals surface area contributed by atoms with Crippen molar-refractivity contribution in [2.75, 3.05) is 26.3 Å². The summed E-state index contributed by atoms with van der Waals surface area (Å²) >= 11 is 0. The third-order valence-corrected chi connectivity index (χ3v) is 5.13. The van der Waals surface area contributed by atoms with Crippen LogP contribution in [0.2, 0.25) is 0 Å². The Morgan fingerprint density at radius 3 is 2.70 bits per heavy atom. The number of fused-ring (bicyclic) bond motifs is 1. The van der Waals surface area contributed by atoms with Crippen LogP contribution in [-0.4, -0.2) is 42.2 Å². The van der Waals surface area contributed by atoms with Crippen molar-refractivity contribution in [3.63, 3.8) is 0 Å². The average molecular weight is 390 g/mol. The molecule has 0 spiro atoms. The zero-order valence-electron chi connectivity index (χ0n) is 15.6. The number of hydrogen-bond donors (Lipinski definition) is 1. The SMILES string of the molecule is Cl.c1ccc(CN2CCC(NCc3cccc4c3OCCCO4)CC2)nc1. The predicted octanol–water partition coefficient (Wildman–Crippen LogP) is 3.42. The third kappa shape index (κ3) is 5.34. The first-order valence-corrected chi connectivity index (χ1v) is 9.61. The fourth-order valence-corrected chi connectivity index (χ4v) is 3.66. The molecule has 0 unspecified atom stereocenters. The molecule has 1 saturated heterocycles. The largest absolute Gasteiger partial charge is 0.490 e. The second kappa shape index (κ2) is 9.93. The van der Waals surface area contributed by atoms with E-state index in [4.69, 9.17) is 9.47 Å². The van der Waals surface area contributed by atoms with Crippen molar-refractivity contribution >= 4 is 12.4 Å². The predicted molar refractivity (Wildman–Crippen MR) is 109 cm³/mol. The van der Waals surface area contributed by atoms with Gasteiger partial charge in [-0.1, -0.05) is 18.2 Å². The Morgan fingerprint density at radius 1 is 1.04 bits per heavy atom. The second-order valence-electron chi connectivity index (χ2n) is 7.05. The summed E-state index contributed by atoms with van der Waals surface area (Å²) in [7, 11) is 0. The first-order valence-electron chi connectivity index (χ1n) is 9.61. The van der Waals surface area contributed by atoms with Crippen molar-refractivity contribution < 1.29 is 9.47 Å². The van der Waals surface area contributed by atoms with Crippen molar-refractivity contribution in [1.82, 2.24) is 15.2 Å². The molecule has 2 aliphatic heterocycles. The molecule has 2 aliphatic rings. The summed E-state index contributed by atoms with van der Waals surface area (Å²) < 4.78 is 11.7. The highest BCUT2D eigenvalue weighted by Crippen LogP contribution is 2.33. The van der Waals surface area contributed by atoms with E-state index in [0.717, 1.165) is 63.0 Å². The number of halogens is 1. The van der Waals surface area contributed by atoms with Gasteiger partial charge in [0, 0.05) is 50.4 Å². The molecule has 27 heavy (non-hydrogen) atoms. The maximum absolute atomic E-state index is 5.92. The molecule has 146 valence electrons. The lowest BCUT2D eigenvalue weighted by Gasteiger charge is -2.32. The van der Waals surface area contributed by atoms with Crippen molar-refractivity contribution in [3.8, 4) is 11.5 Å². The van der Waals surface area contributed by atoms with Crippen molar-refractivity contribution in [1.29, 1.82) is 0 Å². The summed E-state index contributed by atoms with van der Waals surface area (Å²) in [5, 5.41) is 3.71. The minimum absolute atomic E-state index is 0. The number of piperidine rings is 1. The van der Waals surface area contributed by atoms with Gasteiger partial charge in [-0.3, -0.25) is 9.88 Å². The molecule has 6 heteroatoms. The van der Waals surface area contributed by atoms with Gasteiger partial charge in [-0.05, 0) is 31.0 Å². The summed E-state index contributed by atoms with van der Waals surface area (Å²) in [6, 6.07) is 12.9. The molecule has 1 fully saturated rings. The van der Waals surface area contributed by atoms with Gasteiger partial charge >= 0.3 is 0 Å². The minimum atomic E-state index is 0. The molecule has 0 atom stereocenters. The molecule has 1 N–H and O–H groups in total. The molecule has 1 aromatic heterocycles. The standard InChI is InChI=1S/C21H27N3O2.ClH/c1-2-10-22-19(6-1)16-24-11-8-18(9-12-24)23-15-17-5-3-7-20-21(17)26-14-4-13-25-20;/h1-3,5-7,10,18,23H,4,8-9,11-16H2;1H. The quantitative estimate of drug-likeness (QED) is 0.849. The summed E-state index contributed by atoms with van der Waals surface area (Å²) in [5.41, 5.74) is 2.35. The first kappa shape index (κ1) is 19.9. The molecule has 0 bridgehead atoms. The molecular weight excluding hydrogens is 362 g/mol. The number of likely N-dealkylation sites (tertiary alicyclic amines) is 1. The summed E-state index contributed by atoms with van der Waals surface area (Å²) in [4.78, 5) is 6.93. The Morgan fingerprint density at radius 2 is 1.89 bits per heavy atom. The highest BCUT2D eigenvalue weighted by Gasteiger charge is 2.20. The van der Waals surface area contributed by atoms with E-state index in [2.05, 4.69) is 39.5 Å². The zero-order valence-corrected chi connectivity index (χ0v) is 16.4. The molecular formula is C21H28ClN3O2. The van der Waals surface area contributed by atoms with E-state index in [0.29, 0.717) is 6.04 Å². The highest BCUT2D eigenvalue weighted by molar-refractivity contribution is 5.85. The van der Waals surface area contributed by atoms with Gasteiger partial charge in [0.05, 0.1) is 18.9 Å². The Hall–Kier alpha value is -1.82. The maximum atomic E-state index is 5.92. The van der Waals surface area contributed by atoms with Gasteiger partial charge in [0.25, 0.3) is 0 Å². The molecule has 2 aromatic rings. The van der Waals surface area contributed by atoms with Gasteiger partial charge in [-0.2, -0.15) is 0 Å². The van der Waals surface area contributed by atoms with Gasteiger partial charge in [-0.15, -0.1) is 12.4 Å². The van der Waals surface area contributed by atoms with Gasteiger partial charge in [0.2, 0.25) is 0 Å². The fourth-order valence-electron chi connectivity index (χ4n) is 3.66. The Bertz CT molecular complexity index is 706. The van der Waals surface area contributed by atoms with Crippen LogP contribution in [0.25, 0.3) is 0 Å². The van der Waals surface area contributed by atoms with Gasteiger partial charge in [-0.25, -0.2) is 0 Å². The lowest BCUT2D eigenvalue weighted by atomic mass is 10.0. The van der Waals surface area contributed by atoms with Gasteiger partial charge < -0.3 is 14.8 Å². The number of pyridine rings is 1. The number of rotatable bonds is 5. The van der Waals surface area contributed by atoms with Gasteiger partial charge in [0.15, 0.2) is 11.5 Å². The number of benzene rings is 1. The molecule has 0 amide bonds. The fraction of sp³-hybridized carbons (Fsp3) is 0.476. The van der Waals surface area contributed by atoms with Crippen molar-refractivity contribution in [3.05, 3.63) is 53.9 Å². The van der Waals surface area contributed by atoms with Crippen LogP contribution in [0, 0.1) is 0 Å². The highest BCUT2D eigenvalue weighted by atomic mass is 35.5. The molecule has 0 saturated carbocycles. The Labute approximate surface area is 167 Å². The van der Waals surface area contributed by atoms with Crippen LogP contribution in [0.5, 0.6) is 11.5 Å². The molecule has 3 heterocycles. The molecule has 0 radical (unpaired) electrons. The van der Waals surface area contributed by atoms with E-state index in [1.54, 1.807) is 0 Å². The first-order chi connectivity index (χ1) is 12.9. The monoisotopic (exact) mass is 389 g/mol. The summed E-state index contributed by atoms with van der Waals surface area (Å²) in [6.07, 6.45) is 5.15. The Kier molecular flexibility index (Phi) is 7.33. The molecule has 0 aliphatic carbocycles. The average Bonchev–Trinajstić information content (AvgIpc) is 2.94. The second-order valence-corrected chi connectivity index (χ2v) is 7.05. The van der Waals surface area contributed by atoms with Crippen LogP contribution < -0.4 is 14.8 Å². The lowest BCUT2D eigenvalue weighted by Crippen LogP contribution is -2.42. The number of hydrogen-bond acceptors (Lipinski definition) is 5. The van der Waals surface area contributed by atoms with E-state index in [-0.39, 0.29) is 12.4 Å². The van der Waals surface area contributed by atoms with Crippen LogP contribution in [-0.2, 0) is 13.1 Å². The topological polar surface area (TPSA) is 46.6 Å². The van der Waals surface area contributed by atoms with E-state index < -0.39 is 0 Å². The number of ether oxygens (including phenoxy) is 2. The lowest BCUT2D eigenvalue weighted by molar-refractivity contribution is 0.188. The van der Waals surface area contributed by atoms with Crippen molar-refractivity contribution in [2.45, 2.75) is 38.4 Å². The van der Waals surface area contributed by atoms with E-state index in [9.17, 15) is 0 Å². The number of nitrogens with zero attached hydrogens (tertiary/aromatic N) is 2. The maximum Gasteiger partial charge on any atom is 0.165 e. The Balaban J connectivity index is 0.00000210. The minimum Gasteiger partial charge on any atom is -0.490 e. The normalized spacial score (nSPS) is 17.8. The van der Waals surface area contributed by atoms with Crippen molar-refractivity contribution in [2.24, 2.45) is 0 Å². The third-order valence-electron chi connectivity index (χ3n) is 5.13. The zero-order chi connectivity index (χ0) is 17.6. The summed E-state index contributed by atoms with van der Waals surface area (Å²) in [5.74, 6) is 1.80. The number of nitrogens with one attached hydrogen (secondary N) is 1. The van der Waals surface area contributed by atoms with E-state index >= 15 is 0 Å². The van der Waals surface area contributed by atoms with Crippen LogP contribution >= 0.6 is 12.4 Å². The van der Waals surface area contributed by atoms with E-state index in [1.807, 2.05) is 18.3 Å². The molecule has 1 aromatic carbocycles. The van der Waals surface area contributed by atoms with Crippen LogP contribution in [0.15, 0.2) is 42.6 Å². The van der Waals surface area contributed by atoms with E-state index in [1.165, 1.54) is 18.4 Å². The van der Waals surface area contributed by atoms with Crippen LogP contribution in [0.1, 0.15) is 30.5 Å². The van der Waals surface area contributed by atoms with Crippen LogP contribution in [0.4, 0.5) is 0 Å². The molecule has 5 nitrogen and oxygen atoms in total. The number of para-hydroxylation sites is 1. The number of aromatic nitrogens is 1.